The molecule has 4 aliphatic rings. The summed E-state index contributed by atoms with van der Waals surface area (Å²) in [4.78, 5) is 78.7. The van der Waals surface area contributed by atoms with Gasteiger partial charge in [-0.2, -0.15) is 0 Å². The van der Waals surface area contributed by atoms with Crippen LogP contribution in [0.1, 0.15) is 83.8 Å². The van der Waals surface area contributed by atoms with Crippen LogP contribution in [-0.2, 0) is 19.1 Å². The summed E-state index contributed by atoms with van der Waals surface area (Å²) in [5.41, 5.74) is 6.74. The number of H-pyrrole nitrogens is 2. The van der Waals surface area contributed by atoms with E-state index in [4.69, 9.17) is 19.4 Å². The number of urea groups is 2. The number of imidazole rings is 2. The molecule has 0 aliphatic carbocycles. The number of rotatable bonds is 10. The van der Waals surface area contributed by atoms with Gasteiger partial charge in [0.25, 0.3) is 0 Å². The predicted molar refractivity (Wildman–Crippen MR) is 262 cm³/mol. The van der Waals surface area contributed by atoms with Crippen molar-refractivity contribution in [3.63, 3.8) is 0 Å². The van der Waals surface area contributed by atoms with Crippen molar-refractivity contribution >= 4 is 23.9 Å². The maximum Gasteiger partial charge on any atom is 0.318 e. The van der Waals surface area contributed by atoms with Crippen LogP contribution in [0.25, 0.3) is 22.5 Å². The van der Waals surface area contributed by atoms with Crippen molar-refractivity contribution in [2.45, 2.75) is 49.9 Å². The van der Waals surface area contributed by atoms with Gasteiger partial charge in [0.05, 0.1) is 62.3 Å². The molecule has 6 aromatic rings. The van der Waals surface area contributed by atoms with Crippen LogP contribution in [0, 0.1) is 11.8 Å². The van der Waals surface area contributed by atoms with Crippen molar-refractivity contribution in [1.82, 2.24) is 50.2 Å². The molecule has 4 aliphatic heterocycles. The Kier molecular flexibility index (Phi) is 14.0. The Bertz CT molecular complexity index is 2640. The van der Waals surface area contributed by atoms with Crippen LogP contribution >= 0.6 is 0 Å². The third-order valence-electron chi connectivity index (χ3n) is 13.5. The Balaban J connectivity index is 0.768. The number of carbonyl (C=O) groups excluding carboxylic acids is 4. The number of morpholine rings is 2. The number of benzene rings is 4. The second-order valence-corrected chi connectivity index (χ2v) is 17.9. The third kappa shape index (κ3) is 10.3. The molecule has 70 heavy (non-hydrogen) atoms. The number of aromatic nitrogens is 4. The summed E-state index contributed by atoms with van der Waals surface area (Å²) in [6, 6.07) is 32.0. The van der Waals surface area contributed by atoms with Gasteiger partial charge in [-0.1, -0.05) is 96.8 Å². The minimum atomic E-state index is -0.833. The molecule has 6 heterocycles. The molecule has 16 heteroatoms. The Labute approximate surface area is 406 Å². The molecule has 0 saturated carbocycles. The molecule has 0 radical (unpaired) electrons. The first kappa shape index (κ1) is 46.0. The van der Waals surface area contributed by atoms with Crippen LogP contribution in [0.5, 0.6) is 0 Å². The van der Waals surface area contributed by atoms with Crippen LogP contribution in [0.3, 0.4) is 0 Å². The Morgan fingerprint density at radius 1 is 0.529 bits per heavy atom. The highest BCUT2D eigenvalue weighted by molar-refractivity contribution is 5.89. The second kappa shape index (κ2) is 21.3. The van der Waals surface area contributed by atoms with Crippen molar-refractivity contribution < 1.29 is 28.7 Å². The van der Waals surface area contributed by atoms with Gasteiger partial charge in [0.2, 0.25) is 11.8 Å². The predicted octanol–water partition coefficient (Wildman–Crippen LogP) is 6.76. The number of carbonyl (C=O) groups is 4. The van der Waals surface area contributed by atoms with E-state index in [1.165, 1.54) is 0 Å². The van der Waals surface area contributed by atoms with E-state index in [-0.39, 0.29) is 36.0 Å². The van der Waals surface area contributed by atoms with Crippen LogP contribution in [0.4, 0.5) is 9.59 Å². The van der Waals surface area contributed by atoms with Crippen LogP contribution in [0.2, 0.25) is 0 Å². The lowest BCUT2D eigenvalue weighted by molar-refractivity contribution is -0.135. The lowest BCUT2D eigenvalue weighted by atomic mass is 10.0. The van der Waals surface area contributed by atoms with Crippen molar-refractivity contribution in [2.75, 3.05) is 65.7 Å². The van der Waals surface area contributed by atoms with Gasteiger partial charge in [-0.3, -0.25) is 9.59 Å². The maximum atomic E-state index is 14.3. The summed E-state index contributed by atoms with van der Waals surface area (Å²) < 4.78 is 10.9. The van der Waals surface area contributed by atoms with E-state index >= 15 is 0 Å². The summed E-state index contributed by atoms with van der Waals surface area (Å²) in [6.45, 7) is 4.94. The number of nitrogens with one attached hydrogen (secondary N) is 4. The first-order chi connectivity index (χ1) is 34.4. The molecule has 4 atom stereocenters. The fourth-order valence-corrected chi connectivity index (χ4v) is 9.71. The van der Waals surface area contributed by atoms with Crippen LogP contribution in [-0.4, -0.2) is 129 Å². The van der Waals surface area contributed by atoms with Crippen LogP contribution < -0.4 is 10.6 Å². The zero-order chi connectivity index (χ0) is 47.8. The van der Waals surface area contributed by atoms with Crippen molar-refractivity contribution in [1.29, 1.82) is 0 Å². The van der Waals surface area contributed by atoms with Gasteiger partial charge < -0.3 is 49.7 Å². The van der Waals surface area contributed by atoms with Gasteiger partial charge in [-0.15, -0.1) is 0 Å². The number of aromatic amines is 2. The molecule has 2 aromatic heterocycles. The van der Waals surface area contributed by atoms with E-state index in [9.17, 15) is 19.2 Å². The fourth-order valence-electron chi connectivity index (χ4n) is 9.71. The first-order valence-electron chi connectivity index (χ1n) is 24.2. The Hall–Kier alpha value is -7.74. The van der Waals surface area contributed by atoms with E-state index in [1.54, 1.807) is 22.2 Å². The number of ether oxygens (including phenoxy) is 2. The number of hydrogen-bond acceptors (Lipinski definition) is 8. The topological polar surface area (TPSA) is 181 Å². The molecule has 4 saturated heterocycles. The highest BCUT2D eigenvalue weighted by Crippen LogP contribution is 2.36. The monoisotopic (exact) mass is 940 g/mol. The summed E-state index contributed by atoms with van der Waals surface area (Å²) in [5.74, 6) is 7.66. The molecule has 16 nitrogen and oxygen atoms in total. The summed E-state index contributed by atoms with van der Waals surface area (Å²) in [5, 5.41) is 6.04. The van der Waals surface area contributed by atoms with E-state index < -0.39 is 12.1 Å². The van der Waals surface area contributed by atoms with E-state index in [0.29, 0.717) is 77.3 Å². The van der Waals surface area contributed by atoms with Gasteiger partial charge in [0.15, 0.2) is 0 Å². The zero-order valence-corrected chi connectivity index (χ0v) is 38.9. The van der Waals surface area contributed by atoms with Crippen molar-refractivity contribution in [2.24, 2.45) is 0 Å². The molecule has 4 N–H and O–H groups in total. The molecule has 0 spiro atoms. The second-order valence-electron chi connectivity index (χ2n) is 17.9. The molecule has 4 aromatic carbocycles. The number of amides is 6. The molecular formula is C54H56N10O6. The summed E-state index contributed by atoms with van der Waals surface area (Å²) >= 11 is 0. The number of likely N-dealkylation sites (tertiary alicyclic amines) is 2. The normalized spacial score (nSPS) is 19.0. The van der Waals surface area contributed by atoms with E-state index in [1.807, 2.05) is 119 Å². The van der Waals surface area contributed by atoms with Crippen molar-refractivity contribution in [3.05, 3.63) is 155 Å². The fraction of sp³-hybridized carbons (Fsp3) is 0.333. The van der Waals surface area contributed by atoms with Gasteiger partial charge in [0.1, 0.15) is 23.7 Å². The molecule has 4 fully saturated rings. The van der Waals surface area contributed by atoms with Crippen molar-refractivity contribution in [3.8, 4) is 34.4 Å². The molecule has 0 bridgehead atoms. The quantitative estimate of drug-likeness (QED) is 0.109. The molecular weight excluding hydrogens is 885 g/mol. The smallest absolute Gasteiger partial charge is 0.318 e. The molecule has 6 amide bonds. The highest BCUT2D eigenvalue weighted by atomic mass is 16.5. The molecule has 10 rings (SSSR count). The third-order valence-corrected chi connectivity index (χ3v) is 13.5. The first-order valence-corrected chi connectivity index (χ1v) is 24.2. The Morgan fingerprint density at radius 2 is 0.914 bits per heavy atom. The van der Waals surface area contributed by atoms with E-state index in [0.717, 1.165) is 70.5 Å². The van der Waals surface area contributed by atoms with Gasteiger partial charge >= 0.3 is 12.1 Å². The lowest BCUT2D eigenvalue weighted by Gasteiger charge is -2.32. The number of hydrogen-bond donors (Lipinski definition) is 4. The minimum absolute atomic E-state index is 0.163. The largest absolute Gasteiger partial charge is 0.378 e. The summed E-state index contributed by atoms with van der Waals surface area (Å²) in [6.07, 6.45) is 6.77. The molecule has 358 valence electrons. The zero-order valence-electron chi connectivity index (χ0n) is 38.9. The van der Waals surface area contributed by atoms with Gasteiger partial charge in [-0.05, 0) is 72.2 Å². The highest BCUT2D eigenvalue weighted by Gasteiger charge is 2.39. The minimum Gasteiger partial charge on any atom is -0.378 e. The van der Waals surface area contributed by atoms with Gasteiger partial charge in [-0.25, -0.2) is 19.6 Å². The Morgan fingerprint density at radius 3 is 1.30 bits per heavy atom. The number of nitrogens with zero attached hydrogens (tertiary/aromatic N) is 6. The standard InChI is InChI=1S/C54H56N10O6/c65-51(47(41-9-3-1-4-10-41)59-53(67)61-27-31-69-32-28-61)63-25-7-13-45(63)49-55-35-43(57-49)39-21-17-37(18-22-39)15-16-38-19-23-40(24-20-38)44-36-56-50(58-44)46-14-8-26-64(46)52(66)48(42-11-5-2-6-12-42)60-54(68)62-29-33-70-34-30-62/h1-6,9-12,17-24,35-36,45-48H,7-8,13-14,25-34H2,(H,55,57)(H,56,58)(H,59,67)(H,60,68). The molecule has 4 unspecified atom stereocenters. The summed E-state index contributed by atoms with van der Waals surface area (Å²) in [7, 11) is 0. The SMILES string of the molecule is O=C(NC(C(=O)N1CCCC1c1ncc(-c2ccc(C#Cc3ccc(-c4cnc(C5CCCN5C(=O)C(NC(=O)N5CCOCC5)c5ccccc5)[nH]4)cc3)cc2)[nH]1)c1ccccc1)N1CCOCC1. The average Bonchev–Trinajstić information content (AvgIpc) is 4.28. The van der Waals surface area contributed by atoms with E-state index in [2.05, 4.69) is 32.4 Å². The maximum absolute atomic E-state index is 14.3. The van der Waals surface area contributed by atoms with Crippen LogP contribution in [0.15, 0.2) is 122 Å². The lowest BCUT2D eigenvalue weighted by Crippen LogP contribution is -2.50. The average molecular weight is 941 g/mol. The van der Waals surface area contributed by atoms with Gasteiger partial charge in [0, 0.05) is 50.4 Å².